The van der Waals surface area contributed by atoms with Gasteiger partial charge in [-0.3, -0.25) is 4.79 Å². The first-order chi connectivity index (χ1) is 14.3. The Hall–Kier alpha value is -4.10. The summed E-state index contributed by atoms with van der Waals surface area (Å²) in [5, 5.41) is 13.0. The number of carbonyl (C=O) groups is 3. The van der Waals surface area contributed by atoms with Gasteiger partial charge in [0.2, 0.25) is 0 Å². The molecule has 0 unspecified atom stereocenters. The van der Waals surface area contributed by atoms with Crippen molar-refractivity contribution < 1.29 is 29.0 Å². The number of ether oxygens (including phenoxy) is 2. The van der Waals surface area contributed by atoms with Crippen LogP contribution in [0.1, 0.15) is 40.1 Å². The fraction of sp³-hybridized carbons (Fsp3) is 0.190. The monoisotopic (exact) mass is 409 g/mol. The van der Waals surface area contributed by atoms with Gasteiger partial charge in [0.1, 0.15) is 19.0 Å². The Kier molecular flexibility index (Phi) is 7.73. The standard InChI is InChI=1S/C21H19N3O6/c1-13(25)19(14(2)26)15-3-5-16(6-4-15)20(27)29-11-12-30-21(28)17-7-9-18(10-8-17)23-24-22/h3-10,25H,11-12H2,1-2H3. The smallest absolute Gasteiger partial charge is 0.338 e. The molecule has 9 nitrogen and oxygen atoms in total. The average molecular weight is 409 g/mol. The molecule has 0 aliphatic carbocycles. The second kappa shape index (κ2) is 10.4. The van der Waals surface area contributed by atoms with Crippen molar-refractivity contribution in [3.05, 3.63) is 81.4 Å². The quantitative estimate of drug-likeness (QED) is 0.129. The topological polar surface area (TPSA) is 139 Å². The van der Waals surface area contributed by atoms with Crippen molar-refractivity contribution in [1.29, 1.82) is 0 Å². The Balaban J connectivity index is 1.86. The maximum absolute atomic E-state index is 12.1. The molecule has 0 atom stereocenters. The van der Waals surface area contributed by atoms with E-state index in [1.165, 1.54) is 62.4 Å². The molecule has 9 heteroatoms. The van der Waals surface area contributed by atoms with Crippen molar-refractivity contribution in [2.75, 3.05) is 13.2 Å². The van der Waals surface area contributed by atoms with E-state index in [-0.39, 0.29) is 41.5 Å². The highest BCUT2D eigenvalue weighted by Gasteiger charge is 2.13. The van der Waals surface area contributed by atoms with E-state index < -0.39 is 11.9 Å². The maximum Gasteiger partial charge on any atom is 0.338 e. The molecular weight excluding hydrogens is 390 g/mol. The lowest BCUT2D eigenvalue weighted by Crippen LogP contribution is -2.14. The molecule has 0 fully saturated rings. The number of benzene rings is 2. The van der Waals surface area contributed by atoms with Gasteiger partial charge in [0.15, 0.2) is 5.78 Å². The van der Waals surface area contributed by atoms with Crippen LogP contribution in [-0.4, -0.2) is 36.0 Å². The second-order valence-corrected chi connectivity index (χ2v) is 6.10. The zero-order valence-corrected chi connectivity index (χ0v) is 16.4. The third-order valence-electron chi connectivity index (χ3n) is 3.94. The predicted molar refractivity (Wildman–Crippen MR) is 108 cm³/mol. The van der Waals surface area contributed by atoms with E-state index in [0.717, 1.165) is 0 Å². The van der Waals surface area contributed by atoms with Gasteiger partial charge < -0.3 is 14.6 Å². The van der Waals surface area contributed by atoms with Gasteiger partial charge in [0.05, 0.1) is 16.7 Å². The summed E-state index contributed by atoms with van der Waals surface area (Å²) >= 11 is 0. The van der Waals surface area contributed by atoms with Crippen molar-refractivity contribution in [3.63, 3.8) is 0 Å². The van der Waals surface area contributed by atoms with Gasteiger partial charge in [-0.05, 0) is 49.2 Å². The van der Waals surface area contributed by atoms with Crippen LogP contribution in [0.3, 0.4) is 0 Å². The first-order valence-corrected chi connectivity index (χ1v) is 8.84. The Labute approximate surface area is 172 Å². The molecule has 1 N–H and O–H groups in total. The molecule has 0 spiro atoms. The van der Waals surface area contributed by atoms with Gasteiger partial charge in [-0.25, -0.2) is 9.59 Å². The van der Waals surface area contributed by atoms with Crippen molar-refractivity contribution in [2.45, 2.75) is 13.8 Å². The lowest BCUT2D eigenvalue weighted by Gasteiger charge is -2.08. The zero-order valence-electron chi connectivity index (χ0n) is 16.4. The molecule has 2 rings (SSSR count). The number of azide groups is 1. The first kappa shape index (κ1) is 22.2. The first-order valence-electron chi connectivity index (χ1n) is 8.84. The van der Waals surface area contributed by atoms with Gasteiger partial charge in [-0.2, -0.15) is 0 Å². The van der Waals surface area contributed by atoms with Crippen molar-refractivity contribution in [3.8, 4) is 0 Å². The van der Waals surface area contributed by atoms with Crippen LogP contribution in [0, 0.1) is 0 Å². The summed E-state index contributed by atoms with van der Waals surface area (Å²) in [4.78, 5) is 38.3. The molecular formula is C21H19N3O6. The van der Waals surface area contributed by atoms with E-state index >= 15 is 0 Å². The highest BCUT2D eigenvalue weighted by Crippen LogP contribution is 2.19. The number of hydrogen-bond donors (Lipinski definition) is 1. The number of rotatable bonds is 8. The Morgan fingerprint density at radius 1 is 0.867 bits per heavy atom. The average Bonchev–Trinajstić information content (AvgIpc) is 2.71. The summed E-state index contributed by atoms with van der Waals surface area (Å²) in [6.45, 7) is 2.47. The number of Topliss-reactive ketones (excluding diaryl/α,β-unsaturated/α-hetero) is 1. The highest BCUT2D eigenvalue weighted by atomic mass is 16.6. The van der Waals surface area contributed by atoms with Gasteiger partial charge in [0, 0.05) is 10.6 Å². The molecule has 0 saturated heterocycles. The maximum atomic E-state index is 12.1. The van der Waals surface area contributed by atoms with Crippen LogP contribution in [-0.2, 0) is 14.3 Å². The van der Waals surface area contributed by atoms with Gasteiger partial charge in [-0.15, -0.1) is 0 Å². The molecule has 0 heterocycles. The van der Waals surface area contributed by atoms with Gasteiger partial charge in [-0.1, -0.05) is 29.4 Å². The predicted octanol–water partition coefficient (Wildman–Crippen LogP) is 4.52. The van der Waals surface area contributed by atoms with E-state index in [0.29, 0.717) is 11.3 Å². The minimum Gasteiger partial charge on any atom is -0.512 e. The second-order valence-electron chi connectivity index (χ2n) is 6.10. The molecule has 0 bridgehead atoms. The number of hydrogen-bond acceptors (Lipinski definition) is 7. The number of aliphatic hydroxyl groups is 1. The lowest BCUT2D eigenvalue weighted by molar-refractivity contribution is -0.111. The number of carbonyl (C=O) groups excluding carboxylic acids is 3. The third-order valence-corrected chi connectivity index (χ3v) is 3.94. The Morgan fingerprint density at radius 3 is 1.70 bits per heavy atom. The third kappa shape index (κ3) is 5.95. The molecule has 0 aliphatic rings. The highest BCUT2D eigenvalue weighted by molar-refractivity contribution is 6.20. The molecule has 30 heavy (non-hydrogen) atoms. The Bertz CT molecular complexity index is 1020. The fourth-order valence-electron chi connectivity index (χ4n) is 2.59. The van der Waals surface area contributed by atoms with E-state index in [1.54, 1.807) is 0 Å². The zero-order chi connectivity index (χ0) is 22.1. The number of ketones is 1. The number of allylic oxidation sites excluding steroid dienone is 2. The molecule has 2 aromatic rings. The number of nitrogens with zero attached hydrogens (tertiary/aromatic N) is 3. The van der Waals surface area contributed by atoms with Crippen LogP contribution in [0.4, 0.5) is 5.69 Å². The minimum absolute atomic E-state index is 0.105. The summed E-state index contributed by atoms with van der Waals surface area (Å²) in [5.41, 5.74) is 9.89. The number of aliphatic hydroxyl groups excluding tert-OH is 1. The van der Waals surface area contributed by atoms with Crippen molar-refractivity contribution in [2.24, 2.45) is 5.11 Å². The van der Waals surface area contributed by atoms with Gasteiger partial charge >= 0.3 is 11.9 Å². The van der Waals surface area contributed by atoms with Crippen LogP contribution < -0.4 is 0 Å². The van der Waals surface area contributed by atoms with Crippen LogP contribution >= 0.6 is 0 Å². The van der Waals surface area contributed by atoms with Crippen molar-refractivity contribution in [1.82, 2.24) is 0 Å². The molecule has 154 valence electrons. The van der Waals surface area contributed by atoms with Crippen molar-refractivity contribution >= 4 is 29.0 Å². The summed E-state index contributed by atoms with van der Waals surface area (Å²) < 4.78 is 10.1. The summed E-state index contributed by atoms with van der Waals surface area (Å²) in [5.74, 6) is -1.62. The summed E-state index contributed by atoms with van der Waals surface area (Å²) in [7, 11) is 0. The van der Waals surface area contributed by atoms with Crippen LogP contribution in [0.2, 0.25) is 0 Å². The van der Waals surface area contributed by atoms with E-state index in [4.69, 9.17) is 15.0 Å². The normalized spacial score (nSPS) is 11.0. The van der Waals surface area contributed by atoms with E-state index in [1.807, 2.05) is 0 Å². The number of esters is 2. The molecule has 2 aromatic carbocycles. The largest absolute Gasteiger partial charge is 0.512 e. The molecule has 0 radical (unpaired) electrons. The fourth-order valence-corrected chi connectivity index (χ4v) is 2.59. The lowest BCUT2D eigenvalue weighted by atomic mass is 10.00. The minimum atomic E-state index is -0.620. The molecule has 0 aromatic heterocycles. The molecule has 0 saturated carbocycles. The summed E-state index contributed by atoms with van der Waals surface area (Å²) in [6.07, 6.45) is 0. The summed E-state index contributed by atoms with van der Waals surface area (Å²) in [6, 6.07) is 11.9. The molecule has 0 aliphatic heterocycles. The van der Waals surface area contributed by atoms with E-state index in [9.17, 15) is 19.5 Å². The van der Waals surface area contributed by atoms with E-state index in [2.05, 4.69) is 10.0 Å². The van der Waals surface area contributed by atoms with Crippen LogP contribution in [0.5, 0.6) is 0 Å². The van der Waals surface area contributed by atoms with Crippen LogP contribution in [0.15, 0.2) is 59.4 Å². The van der Waals surface area contributed by atoms with Gasteiger partial charge in [0.25, 0.3) is 0 Å². The SMILES string of the molecule is CC(=O)C(=C(C)O)c1ccc(C(=O)OCCOC(=O)c2ccc(N=[N+]=[N-])cc2)cc1. The Morgan fingerprint density at radius 2 is 1.30 bits per heavy atom. The van der Waals surface area contributed by atoms with Crippen LogP contribution in [0.25, 0.3) is 16.0 Å². The molecule has 0 amide bonds.